The molecule has 0 aromatic rings. The van der Waals surface area contributed by atoms with Crippen LogP contribution in [0, 0.1) is 11.3 Å². The van der Waals surface area contributed by atoms with Crippen LogP contribution >= 0.6 is 12.4 Å². The third-order valence-corrected chi connectivity index (χ3v) is 1.05. The van der Waals surface area contributed by atoms with Crippen LogP contribution in [0.3, 0.4) is 0 Å². The maximum Gasteiger partial charge on any atom is 0.188 e. The van der Waals surface area contributed by atoms with Crippen LogP contribution in [0.1, 0.15) is 13.8 Å². The van der Waals surface area contributed by atoms with Gasteiger partial charge >= 0.3 is 0 Å². The van der Waals surface area contributed by atoms with E-state index in [4.69, 9.17) is 11.1 Å². The molecular weight excluding hydrogens is 150 g/mol. The fourth-order valence-electron chi connectivity index (χ4n) is 0.646. The number of hydrogen-bond donors (Lipinski definition) is 2. The van der Waals surface area contributed by atoms with Gasteiger partial charge in [0.25, 0.3) is 0 Å². The van der Waals surface area contributed by atoms with E-state index in [9.17, 15) is 0 Å². The summed E-state index contributed by atoms with van der Waals surface area (Å²) in [6.45, 7) is 5.05. The summed E-state index contributed by atoms with van der Waals surface area (Å²) in [6.07, 6.45) is 0. The van der Waals surface area contributed by atoms with Crippen molar-refractivity contribution in [3.63, 3.8) is 0 Å². The summed E-state index contributed by atoms with van der Waals surface area (Å²) in [5.74, 6) is 0.711. The molecule has 0 bridgehead atoms. The molecule has 0 heterocycles. The van der Waals surface area contributed by atoms with Gasteiger partial charge in [-0.25, -0.2) is 0 Å². The number of halogens is 1. The summed E-state index contributed by atoms with van der Waals surface area (Å²) >= 11 is 0. The third kappa shape index (κ3) is 5.69. The fraction of sp³-hybridized carbons (Fsp3) is 0.833. The highest BCUT2D eigenvalue weighted by Gasteiger charge is 2.00. The molecule has 0 saturated carbocycles. The molecule has 3 N–H and O–H groups in total. The largest absolute Gasteiger partial charge is 0.370 e. The normalized spacial score (nSPS) is 8.80. The summed E-state index contributed by atoms with van der Waals surface area (Å²) in [5.41, 5.74) is 5.19. The first-order chi connectivity index (χ1) is 4.04. The number of guanidine groups is 1. The van der Waals surface area contributed by atoms with Crippen molar-refractivity contribution in [2.24, 2.45) is 11.7 Å². The Labute approximate surface area is 68.5 Å². The Morgan fingerprint density at radius 2 is 2.00 bits per heavy atom. The zero-order valence-electron chi connectivity index (χ0n) is 6.72. The second-order valence-electron chi connectivity index (χ2n) is 2.66. The quantitative estimate of drug-likeness (QED) is 0.472. The average molecular weight is 166 g/mol. The van der Waals surface area contributed by atoms with Gasteiger partial charge in [0.1, 0.15) is 0 Å². The molecule has 0 aromatic carbocycles. The van der Waals surface area contributed by atoms with E-state index in [-0.39, 0.29) is 18.4 Å². The van der Waals surface area contributed by atoms with Crippen LogP contribution in [0.2, 0.25) is 0 Å². The van der Waals surface area contributed by atoms with E-state index < -0.39 is 0 Å². The van der Waals surface area contributed by atoms with Crippen LogP contribution in [0.15, 0.2) is 0 Å². The van der Waals surface area contributed by atoms with Gasteiger partial charge in [-0.05, 0) is 5.92 Å². The molecule has 0 amide bonds. The summed E-state index contributed by atoms with van der Waals surface area (Å²) in [5, 5.41) is 7.00. The maximum absolute atomic E-state index is 7.00. The van der Waals surface area contributed by atoms with Crippen molar-refractivity contribution < 1.29 is 0 Å². The van der Waals surface area contributed by atoms with Crippen molar-refractivity contribution in [1.82, 2.24) is 4.90 Å². The van der Waals surface area contributed by atoms with Gasteiger partial charge in [0.05, 0.1) is 0 Å². The van der Waals surface area contributed by atoms with Gasteiger partial charge in [-0.3, -0.25) is 5.41 Å². The predicted octanol–water partition coefficient (Wildman–Crippen LogP) is 0.889. The lowest BCUT2D eigenvalue weighted by Gasteiger charge is -2.18. The van der Waals surface area contributed by atoms with Crippen LogP contribution in [0.25, 0.3) is 0 Å². The van der Waals surface area contributed by atoms with Crippen molar-refractivity contribution in [3.8, 4) is 0 Å². The van der Waals surface area contributed by atoms with Crippen molar-refractivity contribution in [3.05, 3.63) is 0 Å². The minimum atomic E-state index is 0. The van der Waals surface area contributed by atoms with Crippen LogP contribution in [0.4, 0.5) is 0 Å². The molecule has 0 aromatic heterocycles. The topological polar surface area (TPSA) is 53.1 Å². The van der Waals surface area contributed by atoms with Crippen LogP contribution in [-0.2, 0) is 0 Å². The molecule has 0 atom stereocenters. The van der Waals surface area contributed by atoms with Gasteiger partial charge < -0.3 is 10.6 Å². The highest BCUT2D eigenvalue weighted by Crippen LogP contribution is 1.93. The SMILES string of the molecule is CC(C)CN(C)C(=N)N.Cl. The molecule has 0 unspecified atom stereocenters. The summed E-state index contributed by atoms with van der Waals surface area (Å²) in [4.78, 5) is 1.73. The Morgan fingerprint density at radius 3 is 2.10 bits per heavy atom. The minimum absolute atomic E-state index is 0. The van der Waals surface area contributed by atoms with Crippen molar-refractivity contribution >= 4 is 18.4 Å². The minimum Gasteiger partial charge on any atom is -0.370 e. The molecular formula is C6H16ClN3. The molecule has 62 valence electrons. The predicted molar refractivity (Wildman–Crippen MR) is 46.6 cm³/mol. The fourth-order valence-corrected chi connectivity index (χ4v) is 0.646. The molecule has 3 nitrogen and oxygen atoms in total. The van der Waals surface area contributed by atoms with E-state index in [0.29, 0.717) is 5.92 Å². The zero-order valence-corrected chi connectivity index (χ0v) is 7.53. The standard InChI is InChI=1S/C6H15N3.ClH/c1-5(2)4-9(3)6(7)8;/h5H,4H2,1-3H3,(H3,7,8);1H. The highest BCUT2D eigenvalue weighted by atomic mass is 35.5. The molecule has 0 aliphatic heterocycles. The second-order valence-corrected chi connectivity index (χ2v) is 2.66. The third-order valence-electron chi connectivity index (χ3n) is 1.05. The van der Waals surface area contributed by atoms with Crippen LogP contribution in [0.5, 0.6) is 0 Å². The number of nitrogens with one attached hydrogen (secondary N) is 1. The van der Waals surface area contributed by atoms with Crippen molar-refractivity contribution in [1.29, 1.82) is 5.41 Å². The number of rotatable bonds is 2. The molecule has 0 spiro atoms. The van der Waals surface area contributed by atoms with E-state index >= 15 is 0 Å². The summed E-state index contributed by atoms with van der Waals surface area (Å²) < 4.78 is 0. The molecule has 0 aliphatic carbocycles. The van der Waals surface area contributed by atoms with Gasteiger partial charge in [0.2, 0.25) is 0 Å². The van der Waals surface area contributed by atoms with Gasteiger partial charge in [0.15, 0.2) is 5.96 Å². The summed E-state index contributed by atoms with van der Waals surface area (Å²) in [6, 6.07) is 0. The van der Waals surface area contributed by atoms with Gasteiger partial charge in [-0.2, -0.15) is 0 Å². The van der Waals surface area contributed by atoms with Gasteiger partial charge in [-0.15, -0.1) is 12.4 Å². The molecule has 0 saturated heterocycles. The number of nitrogens with two attached hydrogens (primary N) is 1. The van der Waals surface area contributed by atoms with Gasteiger partial charge in [0, 0.05) is 13.6 Å². The Kier molecular flexibility index (Phi) is 6.56. The lowest BCUT2D eigenvalue weighted by Crippen LogP contribution is -2.35. The Balaban J connectivity index is 0. The monoisotopic (exact) mass is 165 g/mol. The van der Waals surface area contributed by atoms with E-state index in [2.05, 4.69) is 13.8 Å². The lowest BCUT2D eigenvalue weighted by atomic mass is 10.2. The maximum atomic E-state index is 7.00. The summed E-state index contributed by atoms with van der Waals surface area (Å²) in [7, 11) is 1.82. The molecule has 4 heteroatoms. The Hall–Kier alpha value is -0.440. The first-order valence-electron chi connectivity index (χ1n) is 3.09. The van der Waals surface area contributed by atoms with E-state index in [1.54, 1.807) is 4.90 Å². The van der Waals surface area contributed by atoms with Crippen molar-refractivity contribution in [2.45, 2.75) is 13.8 Å². The molecule has 0 radical (unpaired) electrons. The van der Waals surface area contributed by atoms with Crippen molar-refractivity contribution in [2.75, 3.05) is 13.6 Å². The van der Waals surface area contributed by atoms with E-state index in [0.717, 1.165) is 6.54 Å². The average Bonchev–Trinajstić information content (AvgIpc) is 1.63. The lowest BCUT2D eigenvalue weighted by molar-refractivity contribution is 0.419. The molecule has 0 aliphatic rings. The molecule has 0 fully saturated rings. The smallest absolute Gasteiger partial charge is 0.188 e. The van der Waals surface area contributed by atoms with E-state index in [1.165, 1.54) is 0 Å². The van der Waals surface area contributed by atoms with Gasteiger partial charge in [-0.1, -0.05) is 13.8 Å². The second kappa shape index (κ2) is 5.35. The van der Waals surface area contributed by atoms with E-state index in [1.807, 2.05) is 7.05 Å². The molecule has 10 heavy (non-hydrogen) atoms. The first kappa shape index (κ1) is 12.3. The first-order valence-corrected chi connectivity index (χ1v) is 3.09. The van der Waals surface area contributed by atoms with Crippen LogP contribution in [-0.4, -0.2) is 24.5 Å². The number of hydrogen-bond acceptors (Lipinski definition) is 1. The molecule has 0 rings (SSSR count). The van der Waals surface area contributed by atoms with Crippen LogP contribution < -0.4 is 5.73 Å². The zero-order chi connectivity index (χ0) is 7.44. The highest BCUT2D eigenvalue weighted by molar-refractivity contribution is 5.85. The number of nitrogens with zero attached hydrogens (tertiary/aromatic N) is 1. The Morgan fingerprint density at radius 1 is 1.60 bits per heavy atom. The Bertz CT molecular complexity index is 103.